The third-order valence-electron chi connectivity index (χ3n) is 3.65. The van der Waals surface area contributed by atoms with Crippen LogP contribution >= 0.6 is 47.0 Å². The molecule has 0 amide bonds. The zero-order valence-corrected chi connectivity index (χ0v) is 16.5. The third kappa shape index (κ3) is 2.37. The predicted molar refractivity (Wildman–Crippen MR) is 109 cm³/mol. The van der Waals surface area contributed by atoms with E-state index < -0.39 is 0 Å². The van der Waals surface area contributed by atoms with Gasteiger partial charge in [0.25, 0.3) is 0 Å². The van der Waals surface area contributed by atoms with E-state index in [4.69, 9.17) is 7.96 Å². The van der Waals surface area contributed by atoms with Crippen LogP contribution in [0.4, 0.5) is 0 Å². The van der Waals surface area contributed by atoms with Crippen LogP contribution in [-0.4, -0.2) is 22.9 Å². The minimum atomic E-state index is -0.0347. The topological polar surface area (TPSA) is 25.8 Å². The van der Waals surface area contributed by atoms with Crippen molar-refractivity contribution >= 4 is 92.3 Å². The molecule has 2 aliphatic heterocycles. The Morgan fingerprint density at radius 1 is 0.652 bits per heavy atom. The summed E-state index contributed by atoms with van der Waals surface area (Å²) in [6, 6.07) is 8.69. The fourth-order valence-corrected chi connectivity index (χ4v) is 7.72. The first-order valence-electron chi connectivity index (χ1n) is 6.82. The van der Waals surface area contributed by atoms with Gasteiger partial charge in [-0.2, -0.15) is 0 Å². The van der Waals surface area contributed by atoms with Gasteiger partial charge in [-0.05, 0) is 0 Å². The summed E-state index contributed by atoms with van der Waals surface area (Å²) in [6.45, 7) is 0. The molecule has 5 rings (SSSR count). The molecule has 0 N–H and O–H groups in total. The van der Waals surface area contributed by atoms with Crippen molar-refractivity contribution < 1.29 is 0 Å². The molecule has 0 aliphatic carbocycles. The molecule has 0 unspecified atom stereocenters. The molecule has 23 heavy (non-hydrogen) atoms. The molecule has 0 fully saturated rings. The number of aromatic nitrogens is 2. The van der Waals surface area contributed by atoms with E-state index in [0.717, 1.165) is 11.0 Å². The Morgan fingerprint density at radius 2 is 1.09 bits per heavy atom. The summed E-state index contributed by atoms with van der Waals surface area (Å²) in [6.07, 6.45) is 0. The van der Waals surface area contributed by atoms with Crippen molar-refractivity contribution in [2.24, 2.45) is 0 Å². The van der Waals surface area contributed by atoms with Gasteiger partial charge in [-0.1, -0.05) is 0 Å². The number of rotatable bonds is 0. The Morgan fingerprint density at radius 3 is 1.52 bits per heavy atom. The van der Waals surface area contributed by atoms with Crippen molar-refractivity contribution in [3.63, 3.8) is 0 Å². The fourth-order valence-electron chi connectivity index (χ4n) is 2.75. The van der Waals surface area contributed by atoms with Crippen molar-refractivity contribution in [3.8, 4) is 0 Å². The molecule has 112 valence electrons. The zero-order chi connectivity index (χ0) is 15.2. The molecule has 0 spiro atoms. The van der Waals surface area contributed by atoms with Gasteiger partial charge in [0.2, 0.25) is 0 Å². The SMILES string of the molecule is C1=CSC(=c2c3ccccc3c(=C3SC=CS3)c3n[se]nc23)S1. The van der Waals surface area contributed by atoms with Crippen LogP contribution in [-0.2, 0) is 0 Å². The van der Waals surface area contributed by atoms with Gasteiger partial charge in [-0.25, -0.2) is 0 Å². The van der Waals surface area contributed by atoms with Crippen LogP contribution in [0.2, 0.25) is 0 Å². The molecule has 0 atom stereocenters. The van der Waals surface area contributed by atoms with Gasteiger partial charge in [-0.3, -0.25) is 0 Å². The fraction of sp³-hybridized carbons (Fsp3) is 0. The first kappa shape index (κ1) is 14.8. The van der Waals surface area contributed by atoms with E-state index in [1.165, 1.54) is 29.7 Å². The predicted octanol–water partition coefficient (Wildman–Crippen LogP) is 3.87. The Bertz CT molecular complexity index is 1020. The number of nitrogens with zero attached hydrogens (tertiary/aromatic N) is 2. The van der Waals surface area contributed by atoms with E-state index in [1.54, 1.807) is 47.0 Å². The quantitative estimate of drug-likeness (QED) is 0.498. The number of hydrogen-bond donors (Lipinski definition) is 0. The van der Waals surface area contributed by atoms with Gasteiger partial charge < -0.3 is 0 Å². The normalized spacial score (nSPS) is 17.2. The van der Waals surface area contributed by atoms with Crippen molar-refractivity contribution in [3.05, 3.63) is 56.3 Å². The second-order valence-electron chi connectivity index (χ2n) is 4.85. The maximum atomic E-state index is 4.79. The molecule has 1 aromatic heterocycles. The molecule has 0 radical (unpaired) electrons. The van der Waals surface area contributed by atoms with Gasteiger partial charge in [0.1, 0.15) is 0 Å². The number of thioether (sulfide) groups is 4. The average Bonchev–Trinajstić information content (AvgIpc) is 3.33. The average molecular weight is 435 g/mol. The summed E-state index contributed by atoms with van der Waals surface area (Å²) in [7, 11) is 0. The molecular weight excluding hydrogens is 427 g/mol. The molecule has 3 aromatic rings. The molecule has 3 heterocycles. The van der Waals surface area contributed by atoms with Crippen molar-refractivity contribution in [1.82, 2.24) is 7.96 Å². The Labute approximate surface area is 155 Å². The second-order valence-corrected chi connectivity index (χ2v) is 10.1. The standard InChI is InChI=1S/C16H8N2S4Se/c1-2-4-10-9(3-1)11(15-19-5-6-20-15)13-14(18-23-17-13)12(10)16-21-7-8-22-16/h1-8H. The molecule has 7 heteroatoms. The van der Waals surface area contributed by atoms with Gasteiger partial charge in [0, 0.05) is 0 Å². The van der Waals surface area contributed by atoms with Crippen LogP contribution < -0.4 is 10.4 Å². The van der Waals surface area contributed by atoms with Crippen LogP contribution in [0.3, 0.4) is 0 Å². The number of hydrogen-bond acceptors (Lipinski definition) is 6. The first-order valence-corrected chi connectivity index (χ1v) is 11.9. The van der Waals surface area contributed by atoms with E-state index in [-0.39, 0.29) is 15.0 Å². The van der Waals surface area contributed by atoms with E-state index in [0.29, 0.717) is 0 Å². The van der Waals surface area contributed by atoms with E-state index >= 15 is 0 Å². The number of benzene rings is 2. The molecule has 0 saturated carbocycles. The van der Waals surface area contributed by atoms with Crippen molar-refractivity contribution in [2.45, 2.75) is 0 Å². The first-order chi connectivity index (χ1) is 11.4. The summed E-state index contributed by atoms with van der Waals surface area (Å²) in [4.78, 5) is 0. The van der Waals surface area contributed by atoms with Crippen molar-refractivity contribution in [2.75, 3.05) is 0 Å². The van der Waals surface area contributed by atoms with E-state index in [2.05, 4.69) is 45.9 Å². The summed E-state index contributed by atoms with van der Waals surface area (Å²) in [5, 5.41) is 13.7. The monoisotopic (exact) mass is 436 g/mol. The summed E-state index contributed by atoms with van der Waals surface area (Å²) in [5.41, 5.74) is 2.19. The number of fused-ring (bicyclic) bond motifs is 2. The van der Waals surface area contributed by atoms with Gasteiger partial charge >= 0.3 is 157 Å². The van der Waals surface area contributed by atoms with Crippen molar-refractivity contribution in [1.29, 1.82) is 0 Å². The van der Waals surface area contributed by atoms with Crippen LogP contribution in [0.5, 0.6) is 0 Å². The van der Waals surface area contributed by atoms with Crippen LogP contribution in [0.15, 0.2) is 45.9 Å². The van der Waals surface area contributed by atoms with Gasteiger partial charge in [-0.15, -0.1) is 0 Å². The Balaban J connectivity index is 2.09. The van der Waals surface area contributed by atoms with E-state index in [1.807, 2.05) is 0 Å². The second kappa shape index (κ2) is 6.06. The summed E-state index contributed by atoms with van der Waals surface area (Å²) < 4.78 is 12.2. The Kier molecular flexibility index (Phi) is 3.89. The molecule has 0 saturated heterocycles. The van der Waals surface area contributed by atoms with Crippen LogP contribution in [0.25, 0.3) is 30.3 Å². The van der Waals surface area contributed by atoms with E-state index in [9.17, 15) is 0 Å². The molecule has 2 nitrogen and oxygen atoms in total. The molecular formula is C16H8N2S4Se. The third-order valence-corrected chi connectivity index (χ3v) is 9.02. The maximum absolute atomic E-state index is 4.79. The minimum absolute atomic E-state index is 0.0347. The summed E-state index contributed by atoms with van der Waals surface area (Å²) >= 11 is 7.12. The van der Waals surface area contributed by atoms with Crippen LogP contribution in [0.1, 0.15) is 0 Å². The Hall–Kier alpha value is -0.561. The van der Waals surface area contributed by atoms with Crippen LogP contribution in [0, 0.1) is 0 Å². The van der Waals surface area contributed by atoms with Gasteiger partial charge in [0.15, 0.2) is 0 Å². The molecule has 2 aromatic carbocycles. The molecule has 2 aliphatic rings. The molecule has 0 bridgehead atoms. The van der Waals surface area contributed by atoms with Gasteiger partial charge in [0.05, 0.1) is 0 Å². The summed E-state index contributed by atoms with van der Waals surface area (Å²) in [5.74, 6) is 0. The zero-order valence-electron chi connectivity index (χ0n) is 11.6.